The fourth-order valence-electron chi connectivity index (χ4n) is 2.01. The van der Waals surface area contributed by atoms with Crippen molar-refractivity contribution in [1.82, 2.24) is 19.7 Å². The molecule has 0 bridgehead atoms. The summed E-state index contributed by atoms with van der Waals surface area (Å²) in [5.41, 5.74) is 5.41. The molecule has 2 heterocycles. The van der Waals surface area contributed by atoms with Gasteiger partial charge in [-0.05, 0) is 0 Å². The van der Waals surface area contributed by atoms with Gasteiger partial charge in [-0.2, -0.15) is 11.8 Å². The number of nitrogen functional groups attached to an aromatic ring is 1. The molecule has 1 fully saturated rings. The lowest BCUT2D eigenvalue weighted by molar-refractivity contribution is -0.132. The Morgan fingerprint density at radius 2 is 2.18 bits per heavy atom. The van der Waals surface area contributed by atoms with Gasteiger partial charge in [0.05, 0.1) is 0 Å². The Hall–Kier alpha value is -1.24. The zero-order valence-electron chi connectivity index (χ0n) is 10.0. The van der Waals surface area contributed by atoms with Gasteiger partial charge in [0, 0.05) is 23.6 Å². The molecule has 0 radical (unpaired) electrons. The third kappa shape index (κ3) is 3.12. The number of hydrogen-bond acceptors (Lipinski definition) is 5. The second-order valence-corrected chi connectivity index (χ2v) is 6.24. The molecule has 7 heteroatoms. The summed E-state index contributed by atoms with van der Waals surface area (Å²) in [6, 6.07) is 0. The zero-order valence-corrected chi connectivity index (χ0v) is 10.9. The first-order valence-corrected chi connectivity index (χ1v) is 6.57. The van der Waals surface area contributed by atoms with E-state index in [-0.39, 0.29) is 18.4 Å². The Bertz CT molecular complexity index is 397. The number of carbonyl (C=O) groups excluding carboxylic acids is 1. The maximum absolute atomic E-state index is 12.1. The summed E-state index contributed by atoms with van der Waals surface area (Å²) >= 11 is 1.92. The Morgan fingerprint density at radius 1 is 1.53 bits per heavy atom. The van der Waals surface area contributed by atoms with Crippen LogP contribution in [0.25, 0.3) is 0 Å². The maximum atomic E-state index is 12.1. The highest BCUT2D eigenvalue weighted by Gasteiger charge is 2.25. The molecular weight excluding hydrogens is 238 g/mol. The molecule has 1 aliphatic rings. The Kier molecular flexibility index (Phi) is 3.56. The second kappa shape index (κ2) is 4.95. The predicted molar refractivity (Wildman–Crippen MR) is 67.5 cm³/mol. The van der Waals surface area contributed by atoms with Crippen molar-refractivity contribution in [3.05, 3.63) is 6.33 Å². The molecule has 2 atom stereocenters. The quantitative estimate of drug-likeness (QED) is 0.817. The van der Waals surface area contributed by atoms with E-state index in [2.05, 4.69) is 23.9 Å². The highest BCUT2D eigenvalue weighted by atomic mass is 32.2. The molecule has 6 nitrogen and oxygen atoms in total. The van der Waals surface area contributed by atoms with E-state index in [0.29, 0.717) is 10.5 Å². The van der Waals surface area contributed by atoms with E-state index in [1.54, 1.807) is 0 Å². The molecule has 2 unspecified atom stereocenters. The standard InChI is InChI=1S/C10H17N5OS/c1-7-3-14(4-8(2)17-7)9(16)5-15-6-12-10(11)13-15/h6-8H,3-5H2,1-2H3,(H2,11,13). The SMILES string of the molecule is CC1CN(C(=O)Cn2cnc(N)n2)CC(C)S1. The van der Waals surface area contributed by atoms with Crippen LogP contribution in [0, 0.1) is 0 Å². The van der Waals surface area contributed by atoms with E-state index in [9.17, 15) is 4.79 Å². The minimum atomic E-state index is 0.0777. The largest absolute Gasteiger partial charge is 0.367 e. The number of amides is 1. The van der Waals surface area contributed by atoms with E-state index in [4.69, 9.17) is 5.73 Å². The second-order valence-electron chi connectivity index (χ2n) is 4.36. The average Bonchev–Trinajstić information content (AvgIpc) is 2.62. The molecule has 17 heavy (non-hydrogen) atoms. The lowest BCUT2D eigenvalue weighted by atomic mass is 10.3. The number of carbonyl (C=O) groups is 1. The molecule has 94 valence electrons. The number of nitrogens with two attached hydrogens (primary N) is 1. The Morgan fingerprint density at radius 3 is 2.71 bits per heavy atom. The normalized spacial score (nSPS) is 24.9. The lowest BCUT2D eigenvalue weighted by Gasteiger charge is -2.34. The third-order valence-corrected chi connectivity index (χ3v) is 3.85. The minimum Gasteiger partial charge on any atom is -0.367 e. The van der Waals surface area contributed by atoms with Crippen LogP contribution in [-0.2, 0) is 11.3 Å². The zero-order chi connectivity index (χ0) is 12.4. The topological polar surface area (TPSA) is 77.0 Å². The van der Waals surface area contributed by atoms with Crippen LogP contribution in [0.1, 0.15) is 13.8 Å². The Balaban J connectivity index is 1.95. The van der Waals surface area contributed by atoms with Crippen molar-refractivity contribution in [2.24, 2.45) is 0 Å². The number of anilines is 1. The van der Waals surface area contributed by atoms with Crippen molar-refractivity contribution in [2.75, 3.05) is 18.8 Å². The van der Waals surface area contributed by atoms with Crippen LogP contribution >= 0.6 is 11.8 Å². The molecule has 2 N–H and O–H groups in total. The monoisotopic (exact) mass is 255 g/mol. The maximum Gasteiger partial charge on any atom is 0.244 e. The summed E-state index contributed by atoms with van der Waals surface area (Å²) in [7, 11) is 0. The summed E-state index contributed by atoms with van der Waals surface area (Å²) in [5.74, 6) is 0.280. The van der Waals surface area contributed by atoms with E-state index < -0.39 is 0 Å². The highest BCUT2D eigenvalue weighted by Crippen LogP contribution is 2.24. The summed E-state index contributed by atoms with van der Waals surface area (Å²) in [5, 5.41) is 4.89. The average molecular weight is 255 g/mol. The number of nitrogens with zero attached hydrogens (tertiary/aromatic N) is 4. The fourth-order valence-corrected chi connectivity index (χ4v) is 3.33. The highest BCUT2D eigenvalue weighted by molar-refractivity contribution is 8.00. The molecule has 0 aliphatic carbocycles. The van der Waals surface area contributed by atoms with Crippen LogP contribution < -0.4 is 5.73 Å². The van der Waals surface area contributed by atoms with E-state index in [1.165, 1.54) is 11.0 Å². The molecule has 1 aliphatic heterocycles. The van der Waals surface area contributed by atoms with E-state index >= 15 is 0 Å². The van der Waals surface area contributed by atoms with Gasteiger partial charge in [-0.3, -0.25) is 4.79 Å². The van der Waals surface area contributed by atoms with Gasteiger partial charge in [-0.15, -0.1) is 5.10 Å². The van der Waals surface area contributed by atoms with Gasteiger partial charge in [0.25, 0.3) is 0 Å². The van der Waals surface area contributed by atoms with Gasteiger partial charge in [0.2, 0.25) is 11.9 Å². The van der Waals surface area contributed by atoms with Gasteiger partial charge in [0.15, 0.2) is 0 Å². The fraction of sp³-hybridized carbons (Fsp3) is 0.700. The van der Waals surface area contributed by atoms with Crippen LogP contribution in [0.5, 0.6) is 0 Å². The number of aromatic nitrogens is 3. The summed E-state index contributed by atoms with van der Waals surface area (Å²) in [6.45, 7) is 6.12. The van der Waals surface area contributed by atoms with Crippen LogP contribution in [0.3, 0.4) is 0 Å². The molecule has 1 saturated heterocycles. The molecule has 2 rings (SSSR count). The smallest absolute Gasteiger partial charge is 0.244 e. The number of thioether (sulfide) groups is 1. The third-order valence-electron chi connectivity index (χ3n) is 2.62. The molecular formula is C10H17N5OS. The predicted octanol–water partition coefficient (Wildman–Crippen LogP) is 0.213. The first-order chi connectivity index (χ1) is 8.04. The van der Waals surface area contributed by atoms with Crippen molar-refractivity contribution in [3.8, 4) is 0 Å². The summed E-state index contributed by atoms with van der Waals surface area (Å²) < 4.78 is 1.48. The van der Waals surface area contributed by atoms with E-state index in [1.807, 2.05) is 16.7 Å². The van der Waals surface area contributed by atoms with Crippen LogP contribution in [0.15, 0.2) is 6.33 Å². The lowest BCUT2D eigenvalue weighted by Crippen LogP contribution is -2.45. The first kappa shape index (κ1) is 12.2. The Labute approximate surface area is 105 Å². The van der Waals surface area contributed by atoms with Crippen molar-refractivity contribution < 1.29 is 4.79 Å². The van der Waals surface area contributed by atoms with Gasteiger partial charge < -0.3 is 10.6 Å². The van der Waals surface area contributed by atoms with Crippen LogP contribution in [-0.4, -0.2) is 49.2 Å². The van der Waals surface area contributed by atoms with Gasteiger partial charge in [-0.1, -0.05) is 13.8 Å². The van der Waals surface area contributed by atoms with Crippen molar-refractivity contribution >= 4 is 23.6 Å². The molecule has 0 aromatic carbocycles. The summed E-state index contributed by atoms with van der Waals surface area (Å²) in [4.78, 5) is 17.7. The number of rotatable bonds is 2. The molecule has 0 spiro atoms. The van der Waals surface area contributed by atoms with Crippen LogP contribution in [0.2, 0.25) is 0 Å². The van der Waals surface area contributed by atoms with Crippen molar-refractivity contribution in [2.45, 2.75) is 30.9 Å². The minimum absolute atomic E-state index is 0.0777. The summed E-state index contributed by atoms with van der Waals surface area (Å²) in [6.07, 6.45) is 1.48. The van der Waals surface area contributed by atoms with E-state index in [0.717, 1.165) is 13.1 Å². The molecule has 1 amide bonds. The van der Waals surface area contributed by atoms with Gasteiger partial charge in [0.1, 0.15) is 12.9 Å². The van der Waals surface area contributed by atoms with Crippen molar-refractivity contribution in [3.63, 3.8) is 0 Å². The van der Waals surface area contributed by atoms with Gasteiger partial charge >= 0.3 is 0 Å². The van der Waals surface area contributed by atoms with Gasteiger partial charge in [-0.25, -0.2) is 9.67 Å². The molecule has 1 aromatic rings. The van der Waals surface area contributed by atoms with Crippen LogP contribution in [0.4, 0.5) is 5.95 Å². The first-order valence-electron chi connectivity index (χ1n) is 5.62. The molecule has 0 saturated carbocycles. The molecule has 1 aromatic heterocycles. The van der Waals surface area contributed by atoms with Crippen molar-refractivity contribution in [1.29, 1.82) is 0 Å². The number of hydrogen-bond donors (Lipinski definition) is 1.